The molecule has 0 aliphatic rings. The maximum Gasteiger partial charge on any atom is 0.193 e. The molecule has 12 rings (SSSR count). The van der Waals surface area contributed by atoms with Crippen LogP contribution >= 0.6 is 0 Å². The Hall–Kier alpha value is -11.3. The van der Waals surface area contributed by atoms with E-state index in [4.69, 9.17) is 0 Å². The Bertz CT molecular complexity index is 4910. The van der Waals surface area contributed by atoms with Crippen LogP contribution in [0.1, 0.15) is 310 Å². The second-order valence-corrected chi connectivity index (χ2v) is 30.2. The van der Waals surface area contributed by atoms with Gasteiger partial charge in [0.25, 0.3) is 0 Å². The monoisotopic (exact) mass is 1550 g/mol. The van der Waals surface area contributed by atoms with Gasteiger partial charge in [-0.25, -0.2) is 0 Å². The molecule has 0 amide bonds. The number of rotatable bonds is 34. The molecule has 606 valence electrons. The number of hydrogen-bond donors (Lipinski definition) is 0. The molecule has 0 atom stereocenters. The molecule has 0 radical (unpaired) electrons. The third-order valence-corrected chi connectivity index (χ3v) is 21.1. The lowest BCUT2D eigenvalue weighted by molar-refractivity contribution is 0.103. The highest BCUT2D eigenvalue weighted by molar-refractivity contribution is 6.13. The molecule has 0 bridgehead atoms. The average molecular weight is 1560 g/mol. The Morgan fingerprint density at radius 3 is 0.752 bits per heavy atom. The third-order valence-electron chi connectivity index (χ3n) is 21.1. The molecule has 6 heteroatoms. The van der Waals surface area contributed by atoms with Crippen molar-refractivity contribution in [1.82, 2.24) is 0 Å². The van der Waals surface area contributed by atoms with Crippen LogP contribution in [-0.2, 0) is 51.4 Å². The van der Waals surface area contributed by atoms with Gasteiger partial charge in [0.05, 0.1) is 0 Å². The van der Waals surface area contributed by atoms with E-state index in [-0.39, 0.29) is 34.7 Å². The summed E-state index contributed by atoms with van der Waals surface area (Å²) < 4.78 is 0. The molecule has 0 aliphatic carbocycles. The van der Waals surface area contributed by atoms with Gasteiger partial charge >= 0.3 is 0 Å². The van der Waals surface area contributed by atoms with Crippen molar-refractivity contribution in [3.8, 4) is 0 Å². The first-order valence-electron chi connectivity index (χ1n) is 43.2. The smallest absolute Gasteiger partial charge is 0.193 e. The SMILES string of the molecule is CCCCc1cccc(C(=O)c2ccccc2)c1C.CCCCc1cccc(C(=O)c2ccccc2)c1C(C)C.CCCCc1cccc(C(=O)c2ccccc2)c1CC.CCCCc1cccc(C(=O)c2ccccc2)c1CCC.CCCCc1cccc(C(=O)c2ccccc2)c1CCCC.O=C(c1ccccc1)c1ccccc1. The van der Waals surface area contributed by atoms with E-state index in [1.165, 1.54) is 114 Å². The average Bonchev–Trinajstić information content (AvgIpc) is 0.817. The van der Waals surface area contributed by atoms with Gasteiger partial charge in [-0.05, 0) is 158 Å². The Balaban J connectivity index is 0.000000195. The highest BCUT2D eigenvalue weighted by atomic mass is 16.1. The van der Waals surface area contributed by atoms with Crippen LogP contribution < -0.4 is 0 Å². The zero-order chi connectivity index (χ0) is 83.9. The van der Waals surface area contributed by atoms with Gasteiger partial charge in [0.2, 0.25) is 0 Å². The molecule has 117 heavy (non-hydrogen) atoms. The highest BCUT2D eigenvalue weighted by Crippen LogP contribution is 2.30. The Morgan fingerprint density at radius 2 is 0.444 bits per heavy atom. The first-order valence-corrected chi connectivity index (χ1v) is 43.2. The molecular formula is C111H126O6. The van der Waals surface area contributed by atoms with Crippen LogP contribution in [0.3, 0.4) is 0 Å². The Kier molecular flexibility index (Phi) is 41.5. The second-order valence-electron chi connectivity index (χ2n) is 30.2. The number of aryl methyl sites for hydroxylation is 5. The van der Waals surface area contributed by atoms with Crippen molar-refractivity contribution in [2.75, 3.05) is 0 Å². The van der Waals surface area contributed by atoms with Gasteiger partial charge in [0, 0.05) is 66.8 Å². The van der Waals surface area contributed by atoms with Gasteiger partial charge in [-0.3, -0.25) is 28.8 Å². The number of ketones is 6. The summed E-state index contributed by atoms with van der Waals surface area (Å²) in [6, 6.07) is 97.2. The number of hydrogen-bond acceptors (Lipinski definition) is 6. The minimum absolute atomic E-state index is 0.0752. The van der Waals surface area contributed by atoms with Gasteiger partial charge < -0.3 is 0 Å². The molecule has 12 aromatic rings. The van der Waals surface area contributed by atoms with E-state index in [1.807, 2.05) is 273 Å². The summed E-state index contributed by atoms with van der Waals surface area (Å²) in [5.41, 5.74) is 22.4. The summed E-state index contributed by atoms with van der Waals surface area (Å²) >= 11 is 0. The van der Waals surface area contributed by atoms with Crippen molar-refractivity contribution >= 4 is 34.7 Å². The van der Waals surface area contributed by atoms with E-state index < -0.39 is 0 Å². The summed E-state index contributed by atoms with van der Waals surface area (Å²) in [5, 5.41) is 0. The molecule has 12 aromatic carbocycles. The van der Waals surface area contributed by atoms with Crippen molar-refractivity contribution in [3.63, 3.8) is 0 Å². The first-order chi connectivity index (χ1) is 57.1. The zero-order valence-corrected chi connectivity index (χ0v) is 71.7. The van der Waals surface area contributed by atoms with Crippen LogP contribution in [0.4, 0.5) is 0 Å². The van der Waals surface area contributed by atoms with Crippen molar-refractivity contribution in [2.45, 2.75) is 217 Å². The predicted octanol–water partition coefficient (Wildman–Crippen LogP) is 28.5. The highest BCUT2D eigenvalue weighted by Gasteiger charge is 2.22. The van der Waals surface area contributed by atoms with Crippen molar-refractivity contribution in [2.24, 2.45) is 0 Å². The van der Waals surface area contributed by atoms with Gasteiger partial charge in [0.1, 0.15) is 0 Å². The lowest BCUT2D eigenvalue weighted by Gasteiger charge is -2.17. The maximum absolute atomic E-state index is 12.9. The normalized spacial score (nSPS) is 10.5. The number of unbranched alkanes of at least 4 members (excludes halogenated alkanes) is 6. The fraction of sp³-hybridized carbons (Fsp3) is 0.297. The lowest BCUT2D eigenvalue weighted by atomic mass is 9.86. The maximum atomic E-state index is 12.9. The number of benzene rings is 12. The van der Waals surface area contributed by atoms with Gasteiger partial charge in [-0.15, -0.1) is 0 Å². The quantitative estimate of drug-likeness (QED) is 0.0372. The van der Waals surface area contributed by atoms with Crippen LogP contribution in [0.25, 0.3) is 0 Å². The van der Waals surface area contributed by atoms with Crippen LogP contribution in [-0.4, -0.2) is 34.7 Å². The molecule has 0 aromatic heterocycles. The first kappa shape index (κ1) is 92.8. The number of carbonyl (C=O) groups excluding carboxylic acids is 6. The van der Waals surface area contributed by atoms with Crippen LogP contribution in [0.2, 0.25) is 0 Å². The molecule has 0 heterocycles. The summed E-state index contributed by atoms with van der Waals surface area (Å²) in [4.78, 5) is 75.4. The molecular weight excluding hydrogens is 1430 g/mol. The molecule has 0 N–H and O–H groups in total. The summed E-state index contributed by atoms with van der Waals surface area (Å²) in [5.74, 6) is 1.14. The summed E-state index contributed by atoms with van der Waals surface area (Å²) in [7, 11) is 0. The molecule has 0 aliphatic heterocycles. The van der Waals surface area contributed by atoms with E-state index in [0.717, 1.165) is 143 Å². The van der Waals surface area contributed by atoms with Crippen molar-refractivity contribution in [1.29, 1.82) is 0 Å². The fourth-order valence-corrected chi connectivity index (χ4v) is 14.7. The largest absolute Gasteiger partial charge is 0.289 e. The number of carbonyl (C=O) groups is 6. The van der Waals surface area contributed by atoms with Crippen LogP contribution in [0.5, 0.6) is 0 Å². The Morgan fingerprint density at radius 1 is 0.214 bits per heavy atom. The standard InChI is InChI=1S/C21H26O.2C20H24O.C19H22O.C18H20O.C13H10O/c1-3-5-11-17-14-10-16-20(19(17)15-6-4-2)21(22)18-12-8-7-9-13-18;1-4-5-10-16-13-9-14-18(19(16)15(2)3)20(21)17-11-7-6-8-12-17;1-3-5-11-16-14-9-15-19(18(16)10-4-2)20(21)17-12-7-6-8-13-17;1-3-5-10-15-13-9-14-18(17(15)4-2)19(20)16-11-7-6-8-12-16;1-3-4-9-15-12-8-13-17(14(15)2)18(19)16-10-6-5-7-11-16;14-13(11-7-3-1-4-8-11)12-9-5-2-6-10-12/h7-10,12-14,16H,3-6,11,15H2,1-2H3;6-9,11-15H,4-5,10H2,1-3H3;6-9,12-15H,3-5,10-11H2,1-2H3;6-9,11-14H,3-5,10H2,1-2H3;5-8,10-13H,3-4,9H2,1-2H3;1-10H. The second kappa shape index (κ2) is 52.3. The van der Waals surface area contributed by atoms with Crippen molar-refractivity contribution < 1.29 is 28.8 Å². The van der Waals surface area contributed by atoms with Crippen molar-refractivity contribution in [3.05, 3.63) is 426 Å². The van der Waals surface area contributed by atoms with Gasteiger partial charge in [0.15, 0.2) is 34.7 Å². The summed E-state index contributed by atoms with van der Waals surface area (Å²) in [6.07, 6.45) is 23.4. The van der Waals surface area contributed by atoms with Crippen LogP contribution in [0.15, 0.2) is 303 Å². The van der Waals surface area contributed by atoms with E-state index >= 15 is 0 Å². The van der Waals surface area contributed by atoms with E-state index in [2.05, 4.69) is 106 Å². The van der Waals surface area contributed by atoms with E-state index in [0.29, 0.717) is 5.92 Å². The van der Waals surface area contributed by atoms with Crippen LogP contribution in [0, 0.1) is 6.92 Å². The molecule has 6 nitrogen and oxygen atoms in total. The van der Waals surface area contributed by atoms with Gasteiger partial charge in [-0.2, -0.15) is 0 Å². The molecule has 0 unspecified atom stereocenters. The Labute approximate surface area is 701 Å². The van der Waals surface area contributed by atoms with E-state index in [1.54, 1.807) is 0 Å². The topological polar surface area (TPSA) is 102 Å². The third kappa shape index (κ3) is 28.8. The summed E-state index contributed by atoms with van der Waals surface area (Å²) in [6.45, 7) is 23.9. The minimum Gasteiger partial charge on any atom is -0.289 e. The molecule has 0 spiro atoms. The lowest BCUT2D eigenvalue weighted by Crippen LogP contribution is -2.09. The predicted molar refractivity (Wildman–Crippen MR) is 492 cm³/mol. The zero-order valence-electron chi connectivity index (χ0n) is 71.7. The molecule has 0 fully saturated rings. The van der Waals surface area contributed by atoms with Gasteiger partial charge in [-0.1, -0.05) is 418 Å². The fourth-order valence-electron chi connectivity index (χ4n) is 14.7. The molecule has 0 saturated carbocycles. The van der Waals surface area contributed by atoms with E-state index in [9.17, 15) is 28.8 Å². The minimum atomic E-state index is 0.0752. The molecule has 0 saturated heterocycles.